The molecule has 1 atom stereocenters. The van der Waals surface area contributed by atoms with Gasteiger partial charge in [-0.15, -0.1) is 0 Å². The molecule has 1 unspecified atom stereocenters. The van der Waals surface area contributed by atoms with Gasteiger partial charge < -0.3 is 20.5 Å². The van der Waals surface area contributed by atoms with Crippen LogP contribution in [0.1, 0.15) is 6.42 Å². The van der Waals surface area contributed by atoms with Crippen LogP contribution in [0.2, 0.25) is 0 Å². The van der Waals surface area contributed by atoms with E-state index in [4.69, 9.17) is 4.74 Å². The molecule has 9 nitrogen and oxygen atoms in total. The van der Waals surface area contributed by atoms with Gasteiger partial charge in [-0.3, -0.25) is 0 Å². The number of hydrogen-bond acceptors (Lipinski definition) is 8. The van der Waals surface area contributed by atoms with Gasteiger partial charge in [-0.05, 0) is 12.5 Å². The highest BCUT2D eigenvalue weighted by Crippen LogP contribution is 2.08. The number of nitrogens with one attached hydrogen (secondary N) is 2. The Morgan fingerprint density at radius 2 is 2.14 bits per heavy atom. The number of methoxy groups -OCH3 is 1. The molecule has 21 heavy (non-hydrogen) atoms. The molecule has 0 fully saturated rings. The zero-order valence-corrected chi connectivity index (χ0v) is 12.0. The van der Waals surface area contributed by atoms with Crippen molar-refractivity contribution in [1.29, 1.82) is 0 Å². The molecule has 2 aromatic rings. The maximum atomic E-state index is 9.59. The van der Waals surface area contributed by atoms with Crippen molar-refractivity contribution >= 4 is 11.9 Å². The molecule has 0 aliphatic rings. The molecule has 2 rings (SSSR count). The Bertz CT molecular complexity index is 547. The Balaban J connectivity index is 2.03. The summed E-state index contributed by atoms with van der Waals surface area (Å²) >= 11 is 0. The molecular weight excluding hydrogens is 274 g/mol. The van der Waals surface area contributed by atoms with Crippen molar-refractivity contribution in [2.45, 2.75) is 12.5 Å². The van der Waals surface area contributed by atoms with Gasteiger partial charge in [0.05, 0.1) is 12.7 Å². The smallest absolute Gasteiger partial charge is 0.257 e. The Morgan fingerprint density at radius 3 is 2.81 bits per heavy atom. The summed E-state index contributed by atoms with van der Waals surface area (Å²) in [6.07, 6.45) is 3.42. The summed E-state index contributed by atoms with van der Waals surface area (Å²) in [6, 6.07) is 1.79. The summed E-state index contributed by atoms with van der Waals surface area (Å²) in [6.45, 7) is 0.829. The lowest BCUT2D eigenvalue weighted by Crippen LogP contribution is -2.19. The minimum atomic E-state index is -0.515. The topological polar surface area (TPSA) is 110 Å². The van der Waals surface area contributed by atoms with Gasteiger partial charge in [-0.25, -0.2) is 4.68 Å². The van der Waals surface area contributed by atoms with Crippen molar-refractivity contribution < 1.29 is 9.84 Å². The minimum Gasteiger partial charge on any atom is -0.391 e. The van der Waals surface area contributed by atoms with Crippen molar-refractivity contribution in [3.63, 3.8) is 0 Å². The van der Waals surface area contributed by atoms with Gasteiger partial charge in [0.1, 0.15) is 0 Å². The van der Waals surface area contributed by atoms with E-state index in [1.54, 1.807) is 37.3 Å². The third-order valence-corrected chi connectivity index (χ3v) is 2.68. The number of rotatable bonds is 8. The molecule has 0 amide bonds. The maximum Gasteiger partial charge on any atom is 0.257 e. The number of anilines is 2. The third-order valence-electron chi connectivity index (χ3n) is 2.68. The summed E-state index contributed by atoms with van der Waals surface area (Å²) in [7, 11) is 3.28. The van der Waals surface area contributed by atoms with Gasteiger partial charge in [0, 0.05) is 33.1 Å². The molecule has 3 N–H and O–H groups in total. The largest absolute Gasteiger partial charge is 0.391 e. The Hall–Kier alpha value is -2.26. The van der Waals surface area contributed by atoms with Crippen molar-refractivity contribution in [2.75, 3.05) is 37.9 Å². The molecule has 0 radical (unpaired) electrons. The van der Waals surface area contributed by atoms with Crippen LogP contribution in [0.3, 0.4) is 0 Å². The highest BCUT2D eigenvalue weighted by molar-refractivity contribution is 5.37. The van der Waals surface area contributed by atoms with E-state index in [0.717, 1.165) is 0 Å². The monoisotopic (exact) mass is 293 g/mol. The molecule has 0 saturated heterocycles. The number of aliphatic hydroxyl groups is 1. The molecule has 2 heterocycles. The number of aromatic nitrogens is 5. The highest BCUT2D eigenvalue weighted by Gasteiger charge is 2.08. The Labute approximate surface area is 122 Å². The van der Waals surface area contributed by atoms with E-state index in [0.29, 0.717) is 37.4 Å². The normalized spacial score (nSPS) is 12.1. The average Bonchev–Trinajstić information content (AvgIpc) is 3.01. The van der Waals surface area contributed by atoms with E-state index in [1.165, 1.54) is 0 Å². The van der Waals surface area contributed by atoms with Gasteiger partial charge in [0.2, 0.25) is 11.9 Å². The van der Waals surface area contributed by atoms with E-state index < -0.39 is 6.10 Å². The van der Waals surface area contributed by atoms with Gasteiger partial charge >= 0.3 is 0 Å². The summed E-state index contributed by atoms with van der Waals surface area (Å²) in [5.41, 5.74) is 0. The second-order valence-electron chi connectivity index (χ2n) is 4.31. The van der Waals surface area contributed by atoms with E-state index >= 15 is 0 Å². The molecule has 114 valence electrons. The van der Waals surface area contributed by atoms with Crippen molar-refractivity contribution in [3.05, 3.63) is 18.5 Å². The summed E-state index contributed by atoms with van der Waals surface area (Å²) in [5.74, 6) is 1.28. The van der Waals surface area contributed by atoms with Gasteiger partial charge in [-0.1, -0.05) is 0 Å². The van der Waals surface area contributed by atoms with Crippen LogP contribution in [0, 0.1) is 0 Å². The zero-order chi connectivity index (χ0) is 15.1. The molecular formula is C12H19N7O2. The maximum absolute atomic E-state index is 9.59. The van der Waals surface area contributed by atoms with Gasteiger partial charge in [0.15, 0.2) is 0 Å². The van der Waals surface area contributed by atoms with Crippen LogP contribution in [-0.4, -0.2) is 63.3 Å². The predicted octanol–water partition coefficient (Wildman–Crippen LogP) is -0.0917. The summed E-state index contributed by atoms with van der Waals surface area (Å²) in [4.78, 5) is 12.7. The second-order valence-corrected chi connectivity index (χ2v) is 4.31. The van der Waals surface area contributed by atoms with E-state index in [-0.39, 0.29) is 0 Å². The molecule has 0 saturated carbocycles. The van der Waals surface area contributed by atoms with Crippen LogP contribution in [0.15, 0.2) is 18.5 Å². The molecule has 9 heteroatoms. The molecule has 0 aliphatic heterocycles. The molecule has 0 aliphatic carbocycles. The van der Waals surface area contributed by atoms with Crippen molar-refractivity contribution in [1.82, 2.24) is 24.7 Å². The summed E-state index contributed by atoms with van der Waals surface area (Å²) < 4.78 is 6.42. The first kappa shape index (κ1) is 15.1. The Kier molecular flexibility index (Phi) is 5.41. The fraction of sp³-hybridized carbons (Fsp3) is 0.500. The molecule has 0 spiro atoms. The van der Waals surface area contributed by atoms with Crippen LogP contribution in [0.5, 0.6) is 0 Å². The lowest BCUT2D eigenvalue weighted by molar-refractivity contribution is 0.0615. The molecule has 0 aromatic carbocycles. The number of nitrogens with zero attached hydrogens (tertiary/aromatic N) is 5. The minimum absolute atomic E-state index is 0.305. The predicted molar refractivity (Wildman–Crippen MR) is 77.5 cm³/mol. The fourth-order valence-electron chi connectivity index (χ4n) is 1.67. The van der Waals surface area contributed by atoms with Gasteiger partial charge in [0.25, 0.3) is 5.95 Å². The Morgan fingerprint density at radius 1 is 1.33 bits per heavy atom. The van der Waals surface area contributed by atoms with E-state index in [9.17, 15) is 5.11 Å². The van der Waals surface area contributed by atoms with Crippen LogP contribution in [-0.2, 0) is 4.74 Å². The average molecular weight is 293 g/mol. The van der Waals surface area contributed by atoms with Crippen LogP contribution >= 0.6 is 0 Å². The number of ether oxygens (including phenoxy) is 1. The lowest BCUT2D eigenvalue weighted by atomic mass is 10.3. The van der Waals surface area contributed by atoms with Crippen molar-refractivity contribution in [3.8, 4) is 5.95 Å². The molecule has 0 bridgehead atoms. The van der Waals surface area contributed by atoms with Crippen molar-refractivity contribution in [2.24, 2.45) is 0 Å². The third kappa shape index (κ3) is 4.36. The zero-order valence-electron chi connectivity index (χ0n) is 12.0. The van der Waals surface area contributed by atoms with Crippen LogP contribution < -0.4 is 10.6 Å². The first-order chi connectivity index (χ1) is 10.2. The van der Waals surface area contributed by atoms with E-state index in [1.807, 2.05) is 0 Å². The lowest BCUT2D eigenvalue weighted by Gasteiger charge is -2.11. The highest BCUT2D eigenvalue weighted by atomic mass is 16.5. The first-order valence-corrected chi connectivity index (χ1v) is 6.57. The second kappa shape index (κ2) is 7.50. The summed E-state index contributed by atoms with van der Waals surface area (Å²) in [5, 5.41) is 19.6. The van der Waals surface area contributed by atoms with Crippen LogP contribution in [0.25, 0.3) is 5.95 Å². The standard InChI is InChI=1S/C12H19N7O2/c1-13-10-16-11(14-6-4-9(20)8-21-2)18-12(17-10)19-7-3-5-15-19/h3,5,7,9,20H,4,6,8H2,1-2H3,(H2,13,14,16,17,18). The quantitative estimate of drug-likeness (QED) is 0.619. The SMILES string of the molecule is CNc1nc(NCCC(O)COC)nc(-n2cccn2)n1. The van der Waals surface area contributed by atoms with E-state index in [2.05, 4.69) is 30.7 Å². The number of hydrogen-bond donors (Lipinski definition) is 3. The first-order valence-electron chi connectivity index (χ1n) is 6.57. The van der Waals surface area contributed by atoms with Crippen LogP contribution in [0.4, 0.5) is 11.9 Å². The van der Waals surface area contributed by atoms with Gasteiger partial charge in [-0.2, -0.15) is 20.1 Å². The fourth-order valence-corrected chi connectivity index (χ4v) is 1.67. The molecule has 2 aromatic heterocycles. The number of aliphatic hydroxyl groups excluding tert-OH is 1.